The highest BCUT2D eigenvalue weighted by molar-refractivity contribution is 5.84. The zero-order chi connectivity index (χ0) is 12.2. The van der Waals surface area contributed by atoms with Crippen molar-refractivity contribution in [1.29, 1.82) is 0 Å². The number of carbonyl (C=O) groups is 1. The number of rotatable bonds is 5. The monoisotopic (exact) mass is 228 g/mol. The number of amides is 1. The van der Waals surface area contributed by atoms with Crippen LogP contribution < -0.4 is 11.1 Å². The van der Waals surface area contributed by atoms with E-state index in [1.54, 1.807) is 7.11 Å². The molecule has 3 N–H and O–H groups in total. The van der Waals surface area contributed by atoms with Crippen molar-refractivity contribution in [1.82, 2.24) is 5.32 Å². The lowest BCUT2D eigenvalue weighted by atomic mass is 10.0. The molecule has 0 bridgehead atoms. The summed E-state index contributed by atoms with van der Waals surface area (Å²) in [5, 5.41) is 2.95. The molecule has 1 saturated carbocycles. The Hall–Kier alpha value is -0.610. The first-order valence-electron chi connectivity index (χ1n) is 6.12. The van der Waals surface area contributed by atoms with E-state index < -0.39 is 5.60 Å². The van der Waals surface area contributed by atoms with Crippen molar-refractivity contribution in [2.24, 2.45) is 11.7 Å². The molecule has 0 aromatic rings. The first-order chi connectivity index (χ1) is 7.53. The number of nitrogens with one attached hydrogen (secondary N) is 1. The topological polar surface area (TPSA) is 64.3 Å². The number of carbonyl (C=O) groups excluding carboxylic acids is 1. The van der Waals surface area contributed by atoms with Crippen molar-refractivity contribution >= 4 is 5.91 Å². The average molecular weight is 228 g/mol. The molecule has 1 aliphatic carbocycles. The maximum atomic E-state index is 11.9. The minimum atomic E-state index is -0.706. The summed E-state index contributed by atoms with van der Waals surface area (Å²) in [6.45, 7) is 4.44. The van der Waals surface area contributed by atoms with Crippen molar-refractivity contribution < 1.29 is 9.53 Å². The number of hydrogen-bond donors (Lipinski definition) is 2. The van der Waals surface area contributed by atoms with Gasteiger partial charge in [-0.15, -0.1) is 0 Å². The van der Waals surface area contributed by atoms with E-state index >= 15 is 0 Å². The van der Waals surface area contributed by atoms with Crippen LogP contribution in [0.15, 0.2) is 0 Å². The largest absolute Gasteiger partial charge is 0.369 e. The van der Waals surface area contributed by atoms with E-state index in [0.29, 0.717) is 18.9 Å². The third-order valence-corrected chi connectivity index (χ3v) is 3.85. The van der Waals surface area contributed by atoms with Crippen LogP contribution in [-0.4, -0.2) is 31.2 Å². The SMILES string of the molecule is CCC(C)(OC)C(=O)NCC1CCCC1N. The fraction of sp³-hybridized carbons (Fsp3) is 0.917. The van der Waals surface area contributed by atoms with Crippen LogP contribution in [0.5, 0.6) is 0 Å². The van der Waals surface area contributed by atoms with Crippen LogP contribution in [-0.2, 0) is 9.53 Å². The van der Waals surface area contributed by atoms with Crippen LogP contribution in [0.25, 0.3) is 0 Å². The Labute approximate surface area is 97.9 Å². The van der Waals surface area contributed by atoms with Crippen LogP contribution in [0.4, 0.5) is 0 Å². The van der Waals surface area contributed by atoms with Gasteiger partial charge in [-0.25, -0.2) is 0 Å². The van der Waals surface area contributed by atoms with E-state index in [-0.39, 0.29) is 11.9 Å². The number of nitrogens with two attached hydrogens (primary N) is 1. The molecule has 0 spiro atoms. The second-order valence-corrected chi connectivity index (χ2v) is 4.85. The highest BCUT2D eigenvalue weighted by Gasteiger charge is 2.32. The van der Waals surface area contributed by atoms with Gasteiger partial charge in [-0.1, -0.05) is 13.3 Å². The van der Waals surface area contributed by atoms with E-state index in [9.17, 15) is 4.79 Å². The smallest absolute Gasteiger partial charge is 0.251 e. The van der Waals surface area contributed by atoms with Crippen molar-refractivity contribution in [2.45, 2.75) is 51.2 Å². The lowest BCUT2D eigenvalue weighted by Crippen LogP contribution is -2.48. The molecule has 1 rings (SSSR count). The van der Waals surface area contributed by atoms with Crippen molar-refractivity contribution in [2.75, 3.05) is 13.7 Å². The third kappa shape index (κ3) is 2.95. The summed E-state index contributed by atoms with van der Waals surface area (Å²) in [7, 11) is 1.57. The summed E-state index contributed by atoms with van der Waals surface area (Å²) in [6, 6.07) is 0.246. The Morgan fingerprint density at radius 2 is 2.25 bits per heavy atom. The first-order valence-corrected chi connectivity index (χ1v) is 6.12. The molecular weight excluding hydrogens is 204 g/mol. The zero-order valence-corrected chi connectivity index (χ0v) is 10.6. The molecule has 0 heterocycles. The second kappa shape index (κ2) is 5.64. The molecule has 0 saturated heterocycles. The molecular formula is C12H24N2O2. The predicted molar refractivity (Wildman–Crippen MR) is 64.0 cm³/mol. The summed E-state index contributed by atoms with van der Waals surface area (Å²) >= 11 is 0. The van der Waals surface area contributed by atoms with Crippen LogP contribution in [0.2, 0.25) is 0 Å². The Morgan fingerprint density at radius 1 is 1.56 bits per heavy atom. The molecule has 3 unspecified atom stereocenters. The summed E-state index contributed by atoms with van der Waals surface area (Å²) in [4.78, 5) is 11.9. The fourth-order valence-corrected chi connectivity index (χ4v) is 2.13. The van der Waals surface area contributed by atoms with Gasteiger partial charge in [-0.2, -0.15) is 0 Å². The lowest BCUT2D eigenvalue weighted by Gasteiger charge is -2.26. The van der Waals surface area contributed by atoms with Gasteiger partial charge in [-0.3, -0.25) is 4.79 Å². The lowest BCUT2D eigenvalue weighted by molar-refractivity contribution is -0.142. The molecule has 1 amide bonds. The Balaban J connectivity index is 2.40. The molecule has 3 atom stereocenters. The molecule has 94 valence electrons. The molecule has 4 heteroatoms. The van der Waals surface area contributed by atoms with Crippen molar-refractivity contribution in [3.8, 4) is 0 Å². The van der Waals surface area contributed by atoms with Gasteiger partial charge in [0, 0.05) is 19.7 Å². The highest BCUT2D eigenvalue weighted by atomic mass is 16.5. The Morgan fingerprint density at radius 3 is 2.69 bits per heavy atom. The van der Waals surface area contributed by atoms with Gasteiger partial charge in [0.25, 0.3) is 5.91 Å². The predicted octanol–water partition coefficient (Wildman–Crippen LogP) is 1.05. The Bertz CT molecular complexity index is 239. The summed E-state index contributed by atoms with van der Waals surface area (Å²) < 4.78 is 5.25. The number of ether oxygens (including phenoxy) is 1. The maximum absolute atomic E-state index is 11.9. The van der Waals surface area contributed by atoms with E-state index in [2.05, 4.69) is 5.32 Å². The minimum absolute atomic E-state index is 0.0309. The summed E-state index contributed by atoms with van der Waals surface area (Å²) in [5.41, 5.74) is 5.25. The van der Waals surface area contributed by atoms with Gasteiger partial charge in [0.1, 0.15) is 5.60 Å². The van der Waals surface area contributed by atoms with Gasteiger partial charge in [-0.05, 0) is 32.1 Å². The third-order valence-electron chi connectivity index (χ3n) is 3.85. The highest BCUT2D eigenvalue weighted by Crippen LogP contribution is 2.23. The first kappa shape index (κ1) is 13.5. The van der Waals surface area contributed by atoms with Gasteiger partial charge in [0.2, 0.25) is 0 Å². The molecule has 0 radical (unpaired) electrons. The van der Waals surface area contributed by atoms with Gasteiger partial charge >= 0.3 is 0 Å². The molecule has 0 aliphatic heterocycles. The molecule has 0 aromatic carbocycles. The van der Waals surface area contributed by atoms with E-state index in [0.717, 1.165) is 12.8 Å². The molecule has 16 heavy (non-hydrogen) atoms. The maximum Gasteiger partial charge on any atom is 0.251 e. The average Bonchev–Trinajstić information content (AvgIpc) is 2.70. The van der Waals surface area contributed by atoms with Gasteiger partial charge in [0.05, 0.1) is 0 Å². The fourth-order valence-electron chi connectivity index (χ4n) is 2.13. The Kier molecular flexibility index (Phi) is 4.74. The standard InChI is InChI=1S/C12H24N2O2/c1-4-12(2,16-3)11(15)14-8-9-6-5-7-10(9)13/h9-10H,4-8,13H2,1-3H3,(H,14,15). The van der Waals surface area contributed by atoms with E-state index in [1.165, 1.54) is 6.42 Å². The van der Waals surface area contributed by atoms with Crippen molar-refractivity contribution in [3.63, 3.8) is 0 Å². The zero-order valence-electron chi connectivity index (χ0n) is 10.6. The summed E-state index contributed by atoms with van der Waals surface area (Å²) in [6.07, 6.45) is 4.05. The van der Waals surface area contributed by atoms with Crippen LogP contribution in [0.3, 0.4) is 0 Å². The molecule has 1 fully saturated rings. The van der Waals surface area contributed by atoms with Crippen LogP contribution in [0.1, 0.15) is 39.5 Å². The van der Waals surface area contributed by atoms with E-state index in [4.69, 9.17) is 10.5 Å². The molecule has 0 aromatic heterocycles. The second-order valence-electron chi connectivity index (χ2n) is 4.85. The minimum Gasteiger partial charge on any atom is -0.369 e. The van der Waals surface area contributed by atoms with Crippen LogP contribution in [0, 0.1) is 5.92 Å². The normalized spacial score (nSPS) is 28.8. The number of methoxy groups -OCH3 is 1. The van der Waals surface area contributed by atoms with E-state index in [1.807, 2.05) is 13.8 Å². The number of hydrogen-bond acceptors (Lipinski definition) is 3. The quantitative estimate of drug-likeness (QED) is 0.739. The molecule has 1 aliphatic rings. The van der Waals surface area contributed by atoms with Crippen molar-refractivity contribution in [3.05, 3.63) is 0 Å². The van der Waals surface area contributed by atoms with Gasteiger partial charge < -0.3 is 15.8 Å². The molecule has 4 nitrogen and oxygen atoms in total. The summed E-state index contributed by atoms with van der Waals surface area (Å²) in [5.74, 6) is 0.401. The van der Waals surface area contributed by atoms with Crippen LogP contribution >= 0.6 is 0 Å². The van der Waals surface area contributed by atoms with Gasteiger partial charge in [0.15, 0.2) is 0 Å².